The average molecular weight is 347 g/mol. The standard InChI is InChI=1S/C15H20Cl2N2O3/c1-10-15(22)18(5-4-12(21)9-20)6-7-19(10)11-2-3-13(16)14(17)8-11/h2-3,8,10,12,20-21H,4-7,9H2,1H3/t10?,12-/m0/s1. The molecular formula is C15H20Cl2N2O3. The van der Waals surface area contributed by atoms with E-state index in [0.29, 0.717) is 36.1 Å². The summed E-state index contributed by atoms with van der Waals surface area (Å²) in [6, 6.07) is 5.03. The number of benzene rings is 1. The molecule has 0 aromatic heterocycles. The van der Waals surface area contributed by atoms with Crippen LogP contribution in [-0.4, -0.2) is 59.4 Å². The van der Waals surface area contributed by atoms with Crippen LogP contribution in [0.25, 0.3) is 0 Å². The molecule has 122 valence electrons. The summed E-state index contributed by atoms with van der Waals surface area (Å²) in [6.45, 7) is 3.26. The minimum Gasteiger partial charge on any atom is -0.394 e. The molecule has 5 nitrogen and oxygen atoms in total. The first kappa shape index (κ1) is 17.3. The van der Waals surface area contributed by atoms with Crippen molar-refractivity contribution in [1.82, 2.24) is 4.90 Å². The molecule has 0 bridgehead atoms. The number of amides is 1. The largest absolute Gasteiger partial charge is 0.394 e. The van der Waals surface area contributed by atoms with Crippen molar-refractivity contribution in [2.45, 2.75) is 25.5 Å². The van der Waals surface area contributed by atoms with Crippen LogP contribution in [0.2, 0.25) is 10.0 Å². The highest BCUT2D eigenvalue weighted by Crippen LogP contribution is 2.29. The third kappa shape index (κ3) is 3.84. The molecule has 1 unspecified atom stereocenters. The molecule has 2 N–H and O–H groups in total. The Hall–Kier alpha value is -1.01. The summed E-state index contributed by atoms with van der Waals surface area (Å²) in [5.74, 6) is 0.00228. The zero-order chi connectivity index (χ0) is 16.3. The minimum atomic E-state index is -0.781. The smallest absolute Gasteiger partial charge is 0.245 e. The van der Waals surface area contributed by atoms with E-state index in [-0.39, 0.29) is 18.6 Å². The SMILES string of the molecule is CC1C(=O)N(CC[C@H](O)CO)CCN1c1ccc(Cl)c(Cl)c1. The van der Waals surface area contributed by atoms with Gasteiger partial charge < -0.3 is 20.0 Å². The van der Waals surface area contributed by atoms with Crippen molar-refractivity contribution in [2.75, 3.05) is 31.1 Å². The van der Waals surface area contributed by atoms with Crippen LogP contribution in [0.3, 0.4) is 0 Å². The van der Waals surface area contributed by atoms with Gasteiger partial charge in [-0.05, 0) is 31.5 Å². The second-order valence-corrected chi connectivity index (χ2v) is 6.23. The van der Waals surface area contributed by atoms with Crippen LogP contribution < -0.4 is 4.90 Å². The Bertz CT molecular complexity index is 542. The Morgan fingerprint density at radius 2 is 2.05 bits per heavy atom. The van der Waals surface area contributed by atoms with Gasteiger partial charge in [0.25, 0.3) is 0 Å². The van der Waals surface area contributed by atoms with Gasteiger partial charge in [-0.1, -0.05) is 23.2 Å². The topological polar surface area (TPSA) is 64.0 Å². The first-order chi connectivity index (χ1) is 10.4. The molecule has 1 aliphatic heterocycles. The van der Waals surface area contributed by atoms with E-state index in [0.717, 1.165) is 5.69 Å². The number of piperazine rings is 1. The number of hydrogen-bond acceptors (Lipinski definition) is 4. The molecule has 0 saturated carbocycles. The lowest BCUT2D eigenvalue weighted by molar-refractivity contribution is -0.134. The maximum absolute atomic E-state index is 12.4. The summed E-state index contributed by atoms with van der Waals surface area (Å²) in [5, 5.41) is 19.2. The number of nitrogens with zero attached hydrogens (tertiary/aromatic N) is 2. The highest BCUT2D eigenvalue weighted by molar-refractivity contribution is 6.42. The molecule has 0 aliphatic carbocycles. The third-order valence-electron chi connectivity index (χ3n) is 3.93. The Balaban J connectivity index is 2.04. The van der Waals surface area contributed by atoms with Gasteiger partial charge in [-0.2, -0.15) is 0 Å². The molecule has 1 saturated heterocycles. The van der Waals surface area contributed by atoms with Crippen molar-refractivity contribution in [1.29, 1.82) is 0 Å². The molecule has 1 aromatic rings. The molecule has 1 aromatic carbocycles. The van der Waals surface area contributed by atoms with Gasteiger partial charge in [-0.15, -0.1) is 0 Å². The van der Waals surface area contributed by atoms with Crippen LogP contribution in [0.15, 0.2) is 18.2 Å². The van der Waals surface area contributed by atoms with Crippen molar-refractivity contribution in [2.24, 2.45) is 0 Å². The number of hydrogen-bond donors (Lipinski definition) is 2. The van der Waals surface area contributed by atoms with Gasteiger partial charge in [0.15, 0.2) is 0 Å². The Morgan fingerprint density at radius 1 is 1.32 bits per heavy atom. The number of carbonyl (C=O) groups excluding carboxylic acids is 1. The van der Waals surface area contributed by atoms with Crippen molar-refractivity contribution >= 4 is 34.8 Å². The molecule has 1 amide bonds. The Morgan fingerprint density at radius 3 is 2.68 bits per heavy atom. The maximum atomic E-state index is 12.4. The quantitative estimate of drug-likeness (QED) is 0.852. The van der Waals surface area contributed by atoms with E-state index in [9.17, 15) is 9.90 Å². The molecule has 1 aliphatic rings. The van der Waals surface area contributed by atoms with Gasteiger partial charge >= 0.3 is 0 Å². The number of carbonyl (C=O) groups is 1. The van der Waals surface area contributed by atoms with E-state index in [1.807, 2.05) is 17.9 Å². The summed E-state index contributed by atoms with van der Waals surface area (Å²) >= 11 is 12.0. The number of halogens is 2. The molecule has 0 spiro atoms. The van der Waals surface area contributed by atoms with Crippen LogP contribution in [0.4, 0.5) is 5.69 Å². The highest BCUT2D eigenvalue weighted by Gasteiger charge is 2.31. The monoisotopic (exact) mass is 346 g/mol. The predicted octanol–water partition coefficient (Wildman–Crippen LogP) is 1.77. The first-order valence-corrected chi connectivity index (χ1v) is 7.99. The number of aliphatic hydroxyl groups is 2. The van der Waals surface area contributed by atoms with E-state index in [1.54, 1.807) is 17.0 Å². The van der Waals surface area contributed by atoms with E-state index >= 15 is 0 Å². The summed E-state index contributed by atoms with van der Waals surface area (Å²) < 4.78 is 0. The van der Waals surface area contributed by atoms with Gasteiger partial charge in [0.1, 0.15) is 6.04 Å². The van der Waals surface area contributed by atoms with Gasteiger partial charge in [0.05, 0.1) is 22.8 Å². The zero-order valence-corrected chi connectivity index (χ0v) is 13.9. The van der Waals surface area contributed by atoms with Gasteiger partial charge in [-0.25, -0.2) is 0 Å². The molecule has 1 heterocycles. The lowest BCUT2D eigenvalue weighted by atomic mass is 10.1. The van der Waals surface area contributed by atoms with Crippen molar-refractivity contribution in [3.05, 3.63) is 28.2 Å². The third-order valence-corrected chi connectivity index (χ3v) is 4.66. The fourth-order valence-electron chi connectivity index (χ4n) is 2.56. The molecule has 7 heteroatoms. The number of aliphatic hydroxyl groups excluding tert-OH is 2. The number of anilines is 1. The highest BCUT2D eigenvalue weighted by atomic mass is 35.5. The summed E-state index contributed by atoms with van der Waals surface area (Å²) in [7, 11) is 0. The lowest BCUT2D eigenvalue weighted by Gasteiger charge is -2.40. The summed E-state index contributed by atoms with van der Waals surface area (Å²) in [5.41, 5.74) is 0.866. The average Bonchev–Trinajstić information content (AvgIpc) is 2.51. The summed E-state index contributed by atoms with van der Waals surface area (Å²) in [4.78, 5) is 16.2. The van der Waals surface area contributed by atoms with Crippen LogP contribution >= 0.6 is 23.2 Å². The van der Waals surface area contributed by atoms with Crippen molar-refractivity contribution in [3.8, 4) is 0 Å². The number of rotatable bonds is 5. The van der Waals surface area contributed by atoms with Crippen LogP contribution in [0, 0.1) is 0 Å². The molecule has 2 rings (SSSR count). The minimum absolute atomic E-state index is 0.00228. The fourth-order valence-corrected chi connectivity index (χ4v) is 2.86. The lowest BCUT2D eigenvalue weighted by Crippen LogP contribution is -2.56. The van der Waals surface area contributed by atoms with Gasteiger partial charge in [0.2, 0.25) is 5.91 Å². The molecule has 0 radical (unpaired) electrons. The molecular weight excluding hydrogens is 327 g/mol. The van der Waals surface area contributed by atoms with Crippen molar-refractivity contribution < 1.29 is 15.0 Å². The van der Waals surface area contributed by atoms with Gasteiger partial charge in [0, 0.05) is 25.3 Å². The second kappa shape index (κ2) is 7.51. The zero-order valence-electron chi connectivity index (χ0n) is 12.4. The van der Waals surface area contributed by atoms with E-state index in [1.165, 1.54) is 0 Å². The Kier molecular flexibility index (Phi) is 5.92. The van der Waals surface area contributed by atoms with E-state index < -0.39 is 6.10 Å². The Labute approximate surface area is 140 Å². The molecule has 2 atom stereocenters. The van der Waals surface area contributed by atoms with E-state index in [2.05, 4.69) is 0 Å². The van der Waals surface area contributed by atoms with Gasteiger partial charge in [-0.3, -0.25) is 4.79 Å². The second-order valence-electron chi connectivity index (χ2n) is 5.42. The van der Waals surface area contributed by atoms with Crippen LogP contribution in [0.5, 0.6) is 0 Å². The summed E-state index contributed by atoms with van der Waals surface area (Å²) in [6.07, 6.45) is -0.405. The molecule has 1 fully saturated rings. The normalized spacial score (nSPS) is 20.4. The van der Waals surface area contributed by atoms with E-state index in [4.69, 9.17) is 28.3 Å². The van der Waals surface area contributed by atoms with Crippen LogP contribution in [-0.2, 0) is 4.79 Å². The molecule has 22 heavy (non-hydrogen) atoms. The maximum Gasteiger partial charge on any atom is 0.245 e. The predicted molar refractivity (Wildman–Crippen MR) is 87.6 cm³/mol. The van der Waals surface area contributed by atoms with Crippen LogP contribution in [0.1, 0.15) is 13.3 Å². The first-order valence-electron chi connectivity index (χ1n) is 7.23. The van der Waals surface area contributed by atoms with Crippen molar-refractivity contribution in [3.63, 3.8) is 0 Å². The fraction of sp³-hybridized carbons (Fsp3) is 0.533.